The number of ketones is 1. The molecule has 5 nitrogen and oxygen atoms in total. The molecular weight excluding hydrogens is 606 g/mol. The maximum absolute atomic E-state index is 13.5. The molecule has 0 amide bonds. The summed E-state index contributed by atoms with van der Waals surface area (Å²) in [6, 6.07) is 13.7. The summed E-state index contributed by atoms with van der Waals surface area (Å²) in [5.41, 5.74) is 2.30. The van der Waals surface area contributed by atoms with E-state index in [2.05, 4.69) is 0 Å². The molecule has 0 saturated carbocycles. The summed E-state index contributed by atoms with van der Waals surface area (Å²) in [4.78, 5) is 25.7. The van der Waals surface area contributed by atoms with E-state index in [1.807, 2.05) is 19.1 Å². The van der Waals surface area contributed by atoms with Gasteiger partial charge in [-0.05, 0) is 68.5 Å². The van der Waals surface area contributed by atoms with Crippen LogP contribution in [0.1, 0.15) is 72.5 Å². The van der Waals surface area contributed by atoms with Crippen LogP contribution < -0.4 is 9.47 Å². The van der Waals surface area contributed by atoms with E-state index < -0.39 is 5.97 Å². The predicted molar refractivity (Wildman–Crippen MR) is 165 cm³/mol. The molecule has 0 fully saturated rings. The number of rotatable bonds is 6. The summed E-state index contributed by atoms with van der Waals surface area (Å²) in [6.45, 7) is 2.08. The molecule has 0 saturated heterocycles. The quantitative estimate of drug-likeness (QED) is 0.252. The van der Waals surface area contributed by atoms with Gasteiger partial charge in [0.2, 0.25) is 0 Å². The summed E-state index contributed by atoms with van der Waals surface area (Å²) < 4.78 is 18.1. The summed E-state index contributed by atoms with van der Waals surface area (Å²) in [5, 5.41) is 1.97. The topological polar surface area (TPSA) is 61.8 Å². The number of fused-ring (bicyclic) bond motifs is 1. The highest BCUT2D eigenvalue weighted by Gasteiger charge is 2.23. The zero-order valence-electron chi connectivity index (χ0n) is 22.6. The van der Waals surface area contributed by atoms with Gasteiger partial charge in [-0.15, -0.1) is 0 Å². The van der Waals surface area contributed by atoms with Crippen LogP contribution in [0.25, 0.3) is 6.08 Å². The van der Waals surface area contributed by atoms with Crippen molar-refractivity contribution in [3.8, 4) is 11.5 Å². The summed E-state index contributed by atoms with van der Waals surface area (Å²) in [7, 11) is 0. The van der Waals surface area contributed by atoms with Crippen molar-refractivity contribution < 1.29 is 23.8 Å². The van der Waals surface area contributed by atoms with E-state index in [4.69, 9.17) is 60.6 Å². The van der Waals surface area contributed by atoms with Gasteiger partial charge in [-0.3, -0.25) is 4.79 Å². The molecule has 0 bridgehead atoms. The number of carbonyl (C=O) groups is 2. The van der Waals surface area contributed by atoms with Crippen molar-refractivity contribution in [3.05, 3.63) is 97.0 Å². The van der Waals surface area contributed by atoms with Gasteiger partial charge in [0, 0.05) is 50.1 Å². The molecule has 41 heavy (non-hydrogen) atoms. The van der Waals surface area contributed by atoms with Crippen LogP contribution in [0.2, 0.25) is 20.1 Å². The first kappa shape index (κ1) is 31.2. The van der Waals surface area contributed by atoms with Gasteiger partial charge in [0.05, 0.1) is 6.10 Å². The van der Waals surface area contributed by atoms with Crippen LogP contribution in [0.3, 0.4) is 0 Å². The van der Waals surface area contributed by atoms with Gasteiger partial charge >= 0.3 is 5.97 Å². The number of benzene rings is 3. The third kappa shape index (κ3) is 9.14. The molecule has 0 radical (unpaired) electrons. The van der Waals surface area contributed by atoms with Gasteiger partial charge in [-0.2, -0.15) is 0 Å². The van der Waals surface area contributed by atoms with Crippen molar-refractivity contribution in [1.29, 1.82) is 0 Å². The zero-order chi connectivity index (χ0) is 29.4. The van der Waals surface area contributed by atoms with Crippen molar-refractivity contribution in [3.63, 3.8) is 0 Å². The summed E-state index contributed by atoms with van der Waals surface area (Å²) in [5.74, 6) is 0.455. The molecule has 216 valence electrons. The number of cyclic esters (lactones) is 1. The third-order valence-electron chi connectivity index (χ3n) is 6.62. The van der Waals surface area contributed by atoms with E-state index in [0.717, 1.165) is 12.0 Å². The number of halogens is 4. The Labute approximate surface area is 260 Å². The first-order valence-corrected chi connectivity index (χ1v) is 14.9. The van der Waals surface area contributed by atoms with Crippen LogP contribution in [0, 0.1) is 0 Å². The van der Waals surface area contributed by atoms with Crippen molar-refractivity contribution in [2.24, 2.45) is 0 Å². The summed E-state index contributed by atoms with van der Waals surface area (Å²) >= 11 is 24.8. The molecule has 0 aliphatic carbocycles. The Bertz CT molecular complexity index is 1440. The van der Waals surface area contributed by atoms with Crippen molar-refractivity contribution in [2.45, 2.75) is 64.8 Å². The second-order valence-corrected chi connectivity index (χ2v) is 11.6. The second-order valence-electron chi connectivity index (χ2n) is 9.88. The fourth-order valence-electron chi connectivity index (χ4n) is 4.39. The first-order chi connectivity index (χ1) is 19.7. The van der Waals surface area contributed by atoms with E-state index in [-0.39, 0.29) is 36.4 Å². The lowest BCUT2D eigenvalue weighted by Crippen LogP contribution is -2.18. The van der Waals surface area contributed by atoms with Crippen molar-refractivity contribution >= 4 is 64.2 Å². The minimum atomic E-state index is -0.523. The lowest BCUT2D eigenvalue weighted by atomic mass is 10.0. The van der Waals surface area contributed by atoms with E-state index >= 15 is 0 Å². The highest BCUT2D eigenvalue weighted by molar-refractivity contribution is 6.35. The number of hydrogen-bond donors (Lipinski definition) is 0. The molecule has 3 aromatic carbocycles. The Balaban J connectivity index is 1.71. The van der Waals surface area contributed by atoms with Crippen LogP contribution in [-0.4, -0.2) is 17.9 Å². The number of ether oxygens (including phenoxy) is 3. The maximum atomic E-state index is 13.5. The number of carbonyl (C=O) groups excluding carboxylic acids is 2. The van der Waals surface area contributed by atoms with Crippen LogP contribution in [0.15, 0.2) is 54.6 Å². The van der Waals surface area contributed by atoms with Crippen molar-refractivity contribution in [2.75, 3.05) is 0 Å². The Kier molecular flexibility index (Phi) is 11.4. The minimum Gasteiger partial charge on any atom is -0.489 e. The normalized spacial score (nSPS) is 17.2. The standard InChI is InChI=1S/C32H30Cl4O5/c1-20-6-5-9-26(37)8-4-2-3-7-21-14-27(39-18-22-10-12-24(33)15-28(22)35)17-30(31(21)32(38)41-20)40-19-23-11-13-25(34)16-29(23)36/h3,7,10-17,20H,2,4-6,8-9,18-19H2,1H3/b7-3-/t20-/m0/s1. The lowest BCUT2D eigenvalue weighted by molar-refractivity contribution is -0.119. The number of hydrogen-bond acceptors (Lipinski definition) is 5. The molecule has 1 aliphatic rings. The van der Waals surface area contributed by atoms with Gasteiger partial charge in [0.25, 0.3) is 0 Å². The zero-order valence-corrected chi connectivity index (χ0v) is 25.6. The Morgan fingerprint density at radius 1 is 0.829 bits per heavy atom. The summed E-state index contributed by atoms with van der Waals surface area (Å²) in [6.07, 6.45) is 7.06. The van der Waals surface area contributed by atoms with Gasteiger partial charge in [-0.25, -0.2) is 4.79 Å². The highest BCUT2D eigenvalue weighted by atomic mass is 35.5. The Hall–Kier alpha value is -2.70. The van der Waals surface area contributed by atoms with Gasteiger partial charge in [0.1, 0.15) is 36.1 Å². The SMILES string of the molecule is C[C@H]1CCCC(=O)CCC/C=C\c2cc(OCc3ccc(Cl)cc3Cl)cc(OCc3ccc(Cl)cc3Cl)c2C(=O)O1. The van der Waals surface area contributed by atoms with Gasteiger partial charge in [0.15, 0.2) is 0 Å². The lowest BCUT2D eigenvalue weighted by Gasteiger charge is -2.19. The smallest absolute Gasteiger partial charge is 0.342 e. The van der Waals surface area contributed by atoms with Crippen LogP contribution >= 0.6 is 46.4 Å². The molecule has 0 unspecified atom stereocenters. The average Bonchev–Trinajstić information content (AvgIpc) is 2.91. The molecule has 0 spiro atoms. The number of esters is 1. The van der Waals surface area contributed by atoms with Gasteiger partial charge in [-0.1, -0.05) is 70.7 Å². The van der Waals surface area contributed by atoms with Gasteiger partial charge < -0.3 is 14.2 Å². The van der Waals surface area contributed by atoms with E-state index in [9.17, 15) is 9.59 Å². The monoisotopic (exact) mass is 634 g/mol. The Morgan fingerprint density at radius 3 is 2.12 bits per heavy atom. The third-order valence-corrected chi connectivity index (χ3v) is 7.79. The first-order valence-electron chi connectivity index (χ1n) is 13.4. The molecule has 4 rings (SSSR count). The van der Waals surface area contributed by atoms with E-state index in [0.29, 0.717) is 69.1 Å². The fraction of sp³-hybridized carbons (Fsp3) is 0.312. The van der Waals surface area contributed by atoms with Crippen molar-refractivity contribution in [1.82, 2.24) is 0 Å². The molecule has 1 heterocycles. The molecule has 0 N–H and O–H groups in total. The largest absolute Gasteiger partial charge is 0.489 e. The minimum absolute atomic E-state index is 0.0869. The molecule has 1 atom stereocenters. The van der Waals surface area contributed by atoms with Crippen LogP contribution in [0.4, 0.5) is 0 Å². The Morgan fingerprint density at radius 2 is 1.46 bits per heavy atom. The second kappa shape index (κ2) is 15.0. The van der Waals surface area contributed by atoms with E-state index in [1.165, 1.54) is 0 Å². The fourth-order valence-corrected chi connectivity index (χ4v) is 5.32. The number of allylic oxidation sites excluding steroid dienone is 1. The maximum Gasteiger partial charge on any atom is 0.342 e. The molecule has 3 aromatic rings. The predicted octanol–water partition coefficient (Wildman–Crippen LogP) is 9.94. The molecule has 9 heteroatoms. The highest BCUT2D eigenvalue weighted by Crippen LogP contribution is 2.34. The van der Waals surface area contributed by atoms with E-state index in [1.54, 1.807) is 48.5 Å². The molecular formula is C32H30Cl4O5. The molecule has 0 aromatic heterocycles. The van der Waals surface area contributed by atoms with Crippen LogP contribution in [-0.2, 0) is 22.7 Å². The number of Topliss-reactive ketones (excluding diaryl/α,β-unsaturated/α-hetero) is 1. The van der Waals surface area contributed by atoms with Crippen LogP contribution in [0.5, 0.6) is 11.5 Å². The average molecular weight is 636 g/mol. The molecule has 1 aliphatic heterocycles.